The molecule has 5 rings (SSSR count). The zero-order valence-corrected chi connectivity index (χ0v) is 19.8. The van der Waals surface area contributed by atoms with E-state index in [1.54, 1.807) is 0 Å². The maximum atomic E-state index is 13.2. The van der Waals surface area contributed by atoms with Crippen LogP contribution < -0.4 is 0 Å². The van der Waals surface area contributed by atoms with Gasteiger partial charge in [-0.3, -0.25) is 9.69 Å². The van der Waals surface area contributed by atoms with E-state index in [1.807, 2.05) is 6.07 Å². The summed E-state index contributed by atoms with van der Waals surface area (Å²) >= 11 is 0. The summed E-state index contributed by atoms with van der Waals surface area (Å²) in [6.45, 7) is 4.83. The third-order valence-corrected chi connectivity index (χ3v) is 7.94. The van der Waals surface area contributed by atoms with Crippen LogP contribution in [0.1, 0.15) is 48.8 Å². The van der Waals surface area contributed by atoms with E-state index in [1.165, 1.54) is 42.4 Å². The van der Waals surface area contributed by atoms with Gasteiger partial charge in [0.25, 0.3) is 0 Å². The molecule has 1 atom stereocenters. The SMILES string of the molecule is O=C(CCc1ccccc1)N(CC1CCN(C2Cc3ccccc3C2)CC1)C[C@H]1CCCO1. The molecule has 176 valence electrons. The molecular weight excluding hydrogens is 408 g/mol. The Morgan fingerprint density at radius 3 is 2.27 bits per heavy atom. The highest BCUT2D eigenvalue weighted by Gasteiger charge is 2.31. The van der Waals surface area contributed by atoms with Crippen molar-refractivity contribution < 1.29 is 9.53 Å². The number of ether oxygens (including phenoxy) is 1. The Bertz CT molecular complexity index is 876. The molecule has 2 saturated heterocycles. The van der Waals surface area contributed by atoms with Gasteiger partial charge in [0.2, 0.25) is 5.91 Å². The molecule has 2 aromatic rings. The molecule has 4 heteroatoms. The fourth-order valence-electron chi connectivity index (χ4n) is 5.97. The van der Waals surface area contributed by atoms with Crippen LogP contribution in [0.3, 0.4) is 0 Å². The van der Waals surface area contributed by atoms with Crippen LogP contribution in [0.2, 0.25) is 0 Å². The number of rotatable bonds is 8. The fourth-order valence-corrected chi connectivity index (χ4v) is 5.97. The van der Waals surface area contributed by atoms with Gasteiger partial charge in [0, 0.05) is 32.2 Å². The lowest BCUT2D eigenvalue weighted by Crippen LogP contribution is -2.46. The van der Waals surface area contributed by atoms with Crippen LogP contribution in [-0.4, -0.2) is 60.6 Å². The highest BCUT2D eigenvalue weighted by Crippen LogP contribution is 2.29. The number of nitrogens with zero attached hydrogens (tertiary/aromatic N) is 2. The van der Waals surface area contributed by atoms with E-state index in [-0.39, 0.29) is 6.10 Å². The Balaban J connectivity index is 1.14. The number of aryl methyl sites for hydroxylation is 1. The zero-order valence-electron chi connectivity index (χ0n) is 19.8. The van der Waals surface area contributed by atoms with Crippen molar-refractivity contribution in [1.82, 2.24) is 9.80 Å². The number of hydrogen-bond acceptors (Lipinski definition) is 3. The summed E-state index contributed by atoms with van der Waals surface area (Å²) in [5, 5.41) is 0. The van der Waals surface area contributed by atoms with Crippen molar-refractivity contribution in [3.63, 3.8) is 0 Å². The van der Waals surface area contributed by atoms with E-state index < -0.39 is 0 Å². The van der Waals surface area contributed by atoms with Gasteiger partial charge in [-0.05, 0) is 80.6 Å². The van der Waals surface area contributed by atoms with Crippen molar-refractivity contribution in [3.8, 4) is 0 Å². The summed E-state index contributed by atoms with van der Waals surface area (Å²) in [6.07, 6.45) is 8.64. The van der Waals surface area contributed by atoms with Gasteiger partial charge in [0.1, 0.15) is 0 Å². The van der Waals surface area contributed by atoms with Crippen molar-refractivity contribution >= 4 is 5.91 Å². The molecule has 4 nitrogen and oxygen atoms in total. The van der Waals surface area contributed by atoms with Crippen LogP contribution in [0.5, 0.6) is 0 Å². The molecule has 2 aromatic carbocycles. The van der Waals surface area contributed by atoms with Crippen molar-refractivity contribution in [2.45, 2.75) is 63.5 Å². The monoisotopic (exact) mass is 446 g/mol. The summed E-state index contributed by atoms with van der Waals surface area (Å²) in [6, 6.07) is 20.0. The van der Waals surface area contributed by atoms with Gasteiger partial charge in [-0.1, -0.05) is 54.6 Å². The summed E-state index contributed by atoms with van der Waals surface area (Å²) in [5.41, 5.74) is 4.32. The predicted molar refractivity (Wildman–Crippen MR) is 132 cm³/mol. The molecule has 0 bridgehead atoms. The van der Waals surface area contributed by atoms with Crippen LogP contribution in [0.25, 0.3) is 0 Å². The maximum Gasteiger partial charge on any atom is 0.222 e. The lowest BCUT2D eigenvalue weighted by atomic mass is 9.94. The van der Waals surface area contributed by atoms with Crippen LogP contribution in [0.15, 0.2) is 54.6 Å². The number of fused-ring (bicyclic) bond motifs is 1. The molecule has 0 radical (unpaired) electrons. The molecule has 2 aliphatic heterocycles. The van der Waals surface area contributed by atoms with Gasteiger partial charge >= 0.3 is 0 Å². The minimum atomic E-state index is 0.225. The summed E-state index contributed by atoms with van der Waals surface area (Å²) in [5.74, 6) is 0.898. The van der Waals surface area contributed by atoms with Gasteiger partial charge in [-0.2, -0.15) is 0 Å². The minimum absolute atomic E-state index is 0.225. The maximum absolute atomic E-state index is 13.2. The summed E-state index contributed by atoms with van der Waals surface area (Å²) in [7, 11) is 0. The molecule has 0 saturated carbocycles. The number of benzene rings is 2. The van der Waals surface area contributed by atoms with Gasteiger partial charge in [-0.15, -0.1) is 0 Å². The molecule has 0 N–H and O–H groups in total. The molecule has 0 spiro atoms. The largest absolute Gasteiger partial charge is 0.376 e. The Kier molecular flexibility index (Phi) is 7.43. The van der Waals surface area contributed by atoms with E-state index in [9.17, 15) is 4.79 Å². The van der Waals surface area contributed by atoms with E-state index in [2.05, 4.69) is 58.3 Å². The molecule has 1 aliphatic carbocycles. The highest BCUT2D eigenvalue weighted by molar-refractivity contribution is 5.76. The zero-order chi connectivity index (χ0) is 22.5. The Labute approximate surface area is 198 Å². The standard InChI is InChI=1S/C29H38N2O2/c32-29(13-12-23-7-2-1-3-8-23)31(22-28-11-6-18-33-28)21-24-14-16-30(17-15-24)27-19-25-9-4-5-10-26(25)20-27/h1-5,7-10,24,27-28H,6,11-22H2/t28-/m1/s1. The molecular formula is C29H38N2O2. The number of carbonyl (C=O) groups is 1. The molecule has 2 heterocycles. The third kappa shape index (κ3) is 5.85. The number of hydrogen-bond donors (Lipinski definition) is 0. The second kappa shape index (κ2) is 10.8. The van der Waals surface area contributed by atoms with Crippen LogP contribution >= 0.6 is 0 Å². The molecule has 0 unspecified atom stereocenters. The smallest absolute Gasteiger partial charge is 0.222 e. The molecule has 33 heavy (non-hydrogen) atoms. The summed E-state index contributed by atoms with van der Waals surface area (Å²) < 4.78 is 5.90. The van der Waals surface area contributed by atoms with Crippen LogP contribution in [0.4, 0.5) is 0 Å². The second-order valence-electron chi connectivity index (χ2n) is 10.2. The first-order chi connectivity index (χ1) is 16.2. The number of carbonyl (C=O) groups excluding carboxylic acids is 1. The Morgan fingerprint density at radius 2 is 1.61 bits per heavy atom. The van der Waals surface area contributed by atoms with E-state index in [0.29, 0.717) is 24.3 Å². The quantitative estimate of drug-likeness (QED) is 0.598. The van der Waals surface area contributed by atoms with Crippen LogP contribution in [0, 0.1) is 5.92 Å². The van der Waals surface area contributed by atoms with E-state index in [0.717, 1.165) is 52.0 Å². The normalized spacial score (nSPS) is 21.9. The first-order valence-electron chi connectivity index (χ1n) is 13.0. The fraction of sp³-hybridized carbons (Fsp3) is 0.552. The van der Waals surface area contributed by atoms with Crippen LogP contribution in [-0.2, 0) is 28.8 Å². The van der Waals surface area contributed by atoms with Gasteiger partial charge in [0.15, 0.2) is 0 Å². The van der Waals surface area contributed by atoms with E-state index >= 15 is 0 Å². The lowest BCUT2D eigenvalue weighted by molar-refractivity contribution is -0.133. The molecule has 3 aliphatic rings. The summed E-state index contributed by atoms with van der Waals surface area (Å²) in [4.78, 5) is 18.1. The first-order valence-corrected chi connectivity index (χ1v) is 13.0. The number of piperidine rings is 1. The first kappa shape index (κ1) is 22.6. The van der Waals surface area contributed by atoms with Gasteiger partial charge in [0.05, 0.1) is 6.10 Å². The van der Waals surface area contributed by atoms with Gasteiger partial charge in [-0.25, -0.2) is 0 Å². The van der Waals surface area contributed by atoms with Crippen molar-refractivity contribution in [2.24, 2.45) is 5.92 Å². The van der Waals surface area contributed by atoms with E-state index in [4.69, 9.17) is 4.74 Å². The molecule has 1 amide bonds. The topological polar surface area (TPSA) is 32.8 Å². The van der Waals surface area contributed by atoms with Crippen molar-refractivity contribution in [1.29, 1.82) is 0 Å². The minimum Gasteiger partial charge on any atom is -0.376 e. The predicted octanol–water partition coefficient (Wildman–Crippen LogP) is 4.51. The second-order valence-corrected chi connectivity index (χ2v) is 10.2. The molecule has 0 aromatic heterocycles. The van der Waals surface area contributed by atoms with Crippen molar-refractivity contribution in [3.05, 3.63) is 71.3 Å². The Hall–Kier alpha value is -2.17. The Morgan fingerprint density at radius 1 is 0.909 bits per heavy atom. The average molecular weight is 447 g/mol. The third-order valence-electron chi connectivity index (χ3n) is 7.94. The van der Waals surface area contributed by atoms with Gasteiger partial charge < -0.3 is 9.64 Å². The highest BCUT2D eigenvalue weighted by atomic mass is 16.5. The average Bonchev–Trinajstić information content (AvgIpc) is 3.53. The van der Waals surface area contributed by atoms with Crippen molar-refractivity contribution in [2.75, 3.05) is 32.8 Å². The number of likely N-dealkylation sites (tertiary alicyclic amines) is 1. The molecule has 2 fully saturated rings. The number of amides is 1. The lowest BCUT2D eigenvalue weighted by Gasteiger charge is -2.38.